The first-order chi connectivity index (χ1) is 13.1. The molecule has 0 aromatic heterocycles. The Bertz CT molecular complexity index is 989. The maximum Gasteiger partial charge on any atom is 0.243 e. The van der Waals surface area contributed by atoms with Crippen LogP contribution in [-0.2, 0) is 24.7 Å². The largest absolute Gasteiger partial charge is 0.341 e. The molecular weight excluding hydrogens is 402 g/mol. The molecule has 2 heterocycles. The summed E-state index contributed by atoms with van der Waals surface area (Å²) in [6.07, 6.45) is 1.26. The van der Waals surface area contributed by atoms with Gasteiger partial charge in [0.05, 0.1) is 28.0 Å². The van der Waals surface area contributed by atoms with E-state index in [1.165, 1.54) is 33.5 Å². The molecule has 1 amide bonds. The third-order valence-corrected chi connectivity index (χ3v) is 9.19. The van der Waals surface area contributed by atoms with Gasteiger partial charge in [0.1, 0.15) is 0 Å². The molecule has 3 rings (SSSR count). The van der Waals surface area contributed by atoms with E-state index < -0.39 is 19.9 Å². The number of piperidine rings is 1. The first-order valence-corrected chi connectivity index (χ1v) is 12.4. The van der Waals surface area contributed by atoms with E-state index in [0.717, 1.165) is 0 Å². The standard InChI is InChI=1S/C18H23N3O5S2/c1-20(16-8-11-27(23,24)13-16)18(22)15-6-9-21(10-7-15)28(25,26)17-4-2-14(12-19)3-5-17/h2-5,15-16H,6-11,13H2,1H3/t16-/m1/s1. The molecule has 2 aliphatic rings. The molecule has 0 N–H and O–H groups in total. The van der Waals surface area contributed by atoms with Gasteiger partial charge in [-0.3, -0.25) is 4.79 Å². The van der Waals surface area contributed by atoms with Crippen molar-refractivity contribution in [1.29, 1.82) is 5.26 Å². The Morgan fingerprint density at radius 1 is 1.18 bits per heavy atom. The second kappa shape index (κ2) is 7.81. The fraction of sp³-hybridized carbons (Fsp3) is 0.556. The summed E-state index contributed by atoms with van der Waals surface area (Å²) in [7, 11) is -5.11. The lowest BCUT2D eigenvalue weighted by Crippen LogP contribution is -2.46. The Morgan fingerprint density at radius 3 is 2.29 bits per heavy atom. The predicted octanol–water partition coefficient (Wildman–Crippen LogP) is 0.604. The molecule has 2 aliphatic heterocycles. The summed E-state index contributed by atoms with van der Waals surface area (Å²) in [6, 6.07) is 7.42. The molecule has 1 aromatic carbocycles. The lowest BCUT2D eigenvalue weighted by atomic mass is 9.96. The monoisotopic (exact) mass is 425 g/mol. The molecule has 8 nitrogen and oxygen atoms in total. The van der Waals surface area contributed by atoms with E-state index in [4.69, 9.17) is 5.26 Å². The van der Waals surface area contributed by atoms with Crippen LogP contribution in [0.25, 0.3) is 0 Å². The Kier molecular flexibility index (Phi) is 5.79. The average molecular weight is 426 g/mol. The summed E-state index contributed by atoms with van der Waals surface area (Å²) in [5.41, 5.74) is 0.389. The number of carbonyl (C=O) groups is 1. The van der Waals surface area contributed by atoms with Gasteiger partial charge >= 0.3 is 0 Å². The number of nitriles is 1. The zero-order valence-corrected chi connectivity index (χ0v) is 17.2. The number of nitrogens with zero attached hydrogens (tertiary/aromatic N) is 3. The average Bonchev–Trinajstić information content (AvgIpc) is 3.06. The summed E-state index contributed by atoms with van der Waals surface area (Å²) in [5, 5.41) is 8.83. The van der Waals surface area contributed by atoms with Crippen molar-refractivity contribution in [3.05, 3.63) is 29.8 Å². The van der Waals surface area contributed by atoms with E-state index in [9.17, 15) is 21.6 Å². The third-order valence-electron chi connectivity index (χ3n) is 5.53. The van der Waals surface area contributed by atoms with Crippen molar-refractivity contribution in [3.8, 4) is 6.07 Å². The molecule has 2 saturated heterocycles. The van der Waals surface area contributed by atoms with Gasteiger partial charge in [0.25, 0.3) is 0 Å². The minimum atomic E-state index is -3.67. The normalized spacial score (nSPS) is 23.2. The fourth-order valence-corrected chi connectivity index (χ4v) is 6.99. The van der Waals surface area contributed by atoms with Gasteiger partial charge in [-0.2, -0.15) is 9.57 Å². The summed E-state index contributed by atoms with van der Waals surface area (Å²) in [5.74, 6) is -0.309. The first-order valence-electron chi connectivity index (χ1n) is 9.11. The highest BCUT2D eigenvalue weighted by atomic mass is 32.2. The van der Waals surface area contributed by atoms with Gasteiger partial charge in [-0.15, -0.1) is 0 Å². The van der Waals surface area contributed by atoms with Crippen LogP contribution in [-0.4, -0.2) is 69.6 Å². The zero-order chi connectivity index (χ0) is 20.5. The summed E-state index contributed by atoms with van der Waals surface area (Å²) in [4.78, 5) is 14.4. The highest BCUT2D eigenvalue weighted by Gasteiger charge is 2.37. The van der Waals surface area contributed by atoms with Crippen molar-refractivity contribution in [3.63, 3.8) is 0 Å². The number of carbonyl (C=O) groups excluding carboxylic acids is 1. The number of sulfonamides is 1. The zero-order valence-electron chi connectivity index (χ0n) is 15.6. The quantitative estimate of drug-likeness (QED) is 0.698. The Labute approximate surface area is 165 Å². The van der Waals surface area contributed by atoms with Gasteiger partial charge in [-0.1, -0.05) is 0 Å². The second-order valence-electron chi connectivity index (χ2n) is 7.32. The van der Waals surface area contributed by atoms with Crippen LogP contribution in [0.1, 0.15) is 24.8 Å². The third kappa shape index (κ3) is 4.21. The Balaban J connectivity index is 1.62. The second-order valence-corrected chi connectivity index (χ2v) is 11.5. The Hall–Kier alpha value is -1.96. The number of benzene rings is 1. The molecule has 28 heavy (non-hydrogen) atoms. The molecule has 2 fully saturated rings. The van der Waals surface area contributed by atoms with E-state index in [-0.39, 0.29) is 47.4 Å². The molecule has 0 unspecified atom stereocenters. The van der Waals surface area contributed by atoms with Crippen LogP contribution in [0.5, 0.6) is 0 Å². The molecule has 0 saturated carbocycles. The highest BCUT2D eigenvalue weighted by molar-refractivity contribution is 7.91. The summed E-state index contributed by atoms with van der Waals surface area (Å²) < 4.78 is 50.2. The predicted molar refractivity (Wildman–Crippen MR) is 102 cm³/mol. The van der Waals surface area contributed by atoms with Crippen molar-refractivity contribution < 1.29 is 21.6 Å². The van der Waals surface area contributed by atoms with Crippen LogP contribution in [0.2, 0.25) is 0 Å². The molecular formula is C18H23N3O5S2. The van der Waals surface area contributed by atoms with E-state index in [1.807, 2.05) is 6.07 Å². The van der Waals surface area contributed by atoms with E-state index in [1.54, 1.807) is 7.05 Å². The van der Waals surface area contributed by atoms with E-state index in [0.29, 0.717) is 24.8 Å². The van der Waals surface area contributed by atoms with Crippen LogP contribution >= 0.6 is 0 Å². The van der Waals surface area contributed by atoms with E-state index in [2.05, 4.69) is 0 Å². The molecule has 0 radical (unpaired) electrons. The van der Waals surface area contributed by atoms with Gasteiger partial charge in [0.15, 0.2) is 9.84 Å². The molecule has 1 atom stereocenters. The van der Waals surface area contributed by atoms with Crippen molar-refractivity contribution in [2.75, 3.05) is 31.6 Å². The molecule has 0 spiro atoms. The van der Waals surface area contributed by atoms with Gasteiger partial charge in [-0.25, -0.2) is 16.8 Å². The van der Waals surface area contributed by atoms with Crippen molar-refractivity contribution in [2.45, 2.75) is 30.2 Å². The number of sulfone groups is 1. The fourth-order valence-electron chi connectivity index (χ4n) is 3.74. The van der Waals surface area contributed by atoms with E-state index >= 15 is 0 Å². The molecule has 0 bridgehead atoms. The Morgan fingerprint density at radius 2 is 1.79 bits per heavy atom. The first kappa shape index (κ1) is 20.8. The lowest BCUT2D eigenvalue weighted by Gasteiger charge is -2.34. The number of rotatable bonds is 4. The van der Waals surface area contributed by atoms with Gasteiger partial charge in [-0.05, 0) is 43.5 Å². The van der Waals surface area contributed by atoms with Crippen LogP contribution in [0, 0.1) is 17.2 Å². The molecule has 0 aliphatic carbocycles. The maximum absolute atomic E-state index is 12.8. The van der Waals surface area contributed by atoms with Crippen molar-refractivity contribution in [1.82, 2.24) is 9.21 Å². The molecule has 152 valence electrons. The van der Waals surface area contributed by atoms with Gasteiger partial charge in [0.2, 0.25) is 15.9 Å². The van der Waals surface area contributed by atoms with Crippen LogP contribution in [0.15, 0.2) is 29.2 Å². The van der Waals surface area contributed by atoms with Gasteiger partial charge < -0.3 is 4.90 Å². The topological polar surface area (TPSA) is 116 Å². The number of hydrogen-bond acceptors (Lipinski definition) is 6. The summed E-state index contributed by atoms with van der Waals surface area (Å²) >= 11 is 0. The maximum atomic E-state index is 12.8. The SMILES string of the molecule is CN(C(=O)C1CCN(S(=O)(=O)c2ccc(C#N)cc2)CC1)[C@@H]1CCS(=O)(=O)C1. The molecule has 10 heteroatoms. The van der Waals surface area contributed by atoms with Gasteiger partial charge in [0, 0.05) is 32.1 Å². The summed E-state index contributed by atoms with van der Waals surface area (Å²) in [6.45, 7) is 0.463. The van der Waals surface area contributed by atoms with Crippen molar-refractivity contribution in [2.24, 2.45) is 5.92 Å². The van der Waals surface area contributed by atoms with Crippen LogP contribution in [0.3, 0.4) is 0 Å². The highest BCUT2D eigenvalue weighted by Crippen LogP contribution is 2.27. The lowest BCUT2D eigenvalue weighted by molar-refractivity contribution is -0.137. The smallest absolute Gasteiger partial charge is 0.243 e. The van der Waals surface area contributed by atoms with Crippen molar-refractivity contribution >= 4 is 25.8 Å². The number of amides is 1. The minimum absolute atomic E-state index is 0.00115. The number of hydrogen-bond donors (Lipinski definition) is 0. The molecule has 1 aromatic rings. The van der Waals surface area contributed by atoms with Crippen LogP contribution < -0.4 is 0 Å². The minimum Gasteiger partial charge on any atom is -0.341 e. The van der Waals surface area contributed by atoms with Crippen LogP contribution in [0.4, 0.5) is 0 Å².